The summed E-state index contributed by atoms with van der Waals surface area (Å²) in [6.45, 7) is 3.38. The van der Waals surface area contributed by atoms with E-state index in [2.05, 4.69) is 10.6 Å². The standard InChI is InChI=1S/C24H29N7O2.ClH/c1-15(32)28-22(24(33)31-11-3-4-12-31)17-7-10-20-19(13-17)29-21(30(20)2)14-27-18-8-5-16(6-9-18)23(25)26;/h5-10,13,22,27H,3-4,11-12,14H2,1-2H3,(H3,25,26)(H,28,32);1H. The van der Waals surface area contributed by atoms with Crippen LogP contribution in [0.5, 0.6) is 0 Å². The summed E-state index contributed by atoms with van der Waals surface area (Å²) in [6, 6.07) is 12.3. The number of nitrogens with zero attached hydrogens (tertiary/aromatic N) is 3. The van der Waals surface area contributed by atoms with Crippen molar-refractivity contribution in [1.29, 1.82) is 5.41 Å². The Morgan fingerprint density at radius 1 is 1.15 bits per heavy atom. The summed E-state index contributed by atoms with van der Waals surface area (Å²) in [5.74, 6) is 0.552. The Labute approximate surface area is 204 Å². The molecule has 1 aliphatic heterocycles. The van der Waals surface area contributed by atoms with Gasteiger partial charge in [-0.1, -0.05) is 6.07 Å². The van der Waals surface area contributed by atoms with Crippen LogP contribution in [0.2, 0.25) is 0 Å². The van der Waals surface area contributed by atoms with Crippen molar-refractivity contribution in [3.63, 3.8) is 0 Å². The predicted molar refractivity (Wildman–Crippen MR) is 135 cm³/mol. The number of nitrogen functional groups attached to an aromatic ring is 1. The summed E-state index contributed by atoms with van der Waals surface area (Å²) in [4.78, 5) is 31.5. The van der Waals surface area contributed by atoms with Crippen molar-refractivity contribution in [2.45, 2.75) is 32.4 Å². The minimum atomic E-state index is -0.714. The maximum absolute atomic E-state index is 13.1. The van der Waals surface area contributed by atoms with E-state index in [1.165, 1.54) is 6.92 Å². The van der Waals surface area contributed by atoms with Crippen LogP contribution in [0.25, 0.3) is 11.0 Å². The summed E-state index contributed by atoms with van der Waals surface area (Å²) in [5, 5.41) is 13.6. The number of carbonyl (C=O) groups is 2. The normalized spacial score (nSPS) is 13.9. The Hall–Kier alpha value is -3.59. The fraction of sp³-hybridized carbons (Fsp3) is 0.333. The zero-order valence-corrected chi connectivity index (χ0v) is 20.1. The number of aromatic nitrogens is 2. The Kier molecular flexibility index (Phi) is 7.78. The minimum Gasteiger partial charge on any atom is -0.384 e. The highest BCUT2D eigenvalue weighted by atomic mass is 35.5. The number of anilines is 1. The van der Waals surface area contributed by atoms with E-state index < -0.39 is 6.04 Å². The molecule has 1 aromatic heterocycles. The van der Waals surface area contributed by atoms with Gasteiger partial charge in [0.15, 0.2) is 0 Å². The number of benzene rings is 2. The molecule has 2 heterocycles. The van der Waals surface area contributed by atoms with Gasteiger partial charge in [-0.05, 0) is 54.8 Å². The number of nitrogens with two attached hydrogens (primary N) is 1. The van der Waals surface area contributed by atoms with Crippen molar-refractivity contribution in [1.82, 2.24) is 19.8 Å². The first-order valence-corrected chi connectivity index (χ1v) is 11.0. The fourth-order valence-corrected chi connectivity index (χ4v) is 4.16. The topological polar surface area (TPSA) is 129 Å². The molecule has 5 N–H and O–H groups in total. The lowest BCUT2D eigenvalue weighted by atomic mass is 10.0. The van der Waals surface area contributed by atoms with E-state index in [1.807, 2.05) is 46.8 Å². The highest BCUT2D eigenvalue weighted by Gasteiger charge is 2.29. The summed E-state index contributed by atoms with van der Waals surface area (Å²) in [6.07, 6.45) is 1.98. The van der Waals surface area contributed by atoms with Gasteiger partial charge in [-0.25, -0.2) is 4.98 Å². The predicted octanol–water partition coefficient (Wildman–Crippen LogP) is 2.69. The molecular weight excluding hydrogens is 454 g/mol. The number of likely N-dealkylation sites (tertiary alicyclic amines) is 1. The molecule has 2 amide bonds. The molecule has 1 saturated heterocycles. The van der Waals surface area contributed by atoms with E-state index in [0.717, 1.165) is 54.0 Å². The molecule has 1 atom stereocenters. The van der Waals surface area contributed by atoms with Gasteiger partial charge in [0.25, 0.3) is 0 Å². The molecule has 10 heteroatoms. The molecule has 34 heavy (non-hydrogen) atoms. The van der Waals surface area contributed by atoms with Crippen molar-refractivity contribution in [3.8, 4) is 0 Å². The maximum Gasteiger partial charge on any atom is 0.249 e. The van der Waals surface area contributed by atoms with Gasteiger partial charge < -0.3 is 25.8 Å². The van der Waals surface area contributed by atoms with Gasteiger partial charge >= 0.3 is 0 Å². The number of halogens is 1. The highest BCUT2D eigenvalue weighted by molar-refractivity contribution is 5.95. The third-order valence-electron chi connectivity index (χ3n) is 5.99. The van der Waals surface area contributed by atoms with E-state index >= 15 is 0 Å². The summed E-state index contributed by atoms with van der Waals surface area (Å²) < 4.78 is 2.01. The molecule has 9 nitrogen and oxygen atoms in total. The van der Waals surface area contributed by atoms with Gasteiger partial charge in [0, 0.05) is 38.3 Å². The van der Waals surface area contributed by atoms with Crippen LogP contribution in [-0.4, -0.2) is 45.2 Å². The summed E-state index contributed by atoms with van der Waals surface area (Å²) in [5.41, 5.74) is 9.52. The molecule has 1 unspecified atom stereocenters. The maximum atomic E-state index is 13.1. The van der Waals surface area contributed by atoms with Crippen LogP contribution in [0.4, 0.5) is 5.69 Å². The van der Waals surface area contributed by atoms with Gasteiger partial charge in [-0.3, -0.25) is 15.0 Å². The molecule has 0 radical (unpaired) electrons. The molecular formula is C24H30ClN7O2. The Bertz CT molecular complexity index is 1200. The lowest BCUT2D eigenvalue weighted by Gasteiger charge is -2.24. The van der Waals surface area contributed by atoms with Crippen molar-refractivity contribution in [2.24, 2.45) is 12.8 Å². The first-order valence-electron chi connectivity index (χ1n) is 11.0. The van der Waals surface area contributed by atoms with Crippen LogP contribution in [0.1, 0.15) is 42.8 Å². The number of carbonyl (C=O) groups excluding carboxylic acids is 2. The fourth-order valence-electron chi connectivity index (χ4n) is 4.16. The van der Waals surface area contributed by atoms with Crippen molar-refractivity contribution >= 4 is 46.8 Å². The monoisotopic (exact) mass is 483 g/mol. The number of aryl methyl sites for hydroxylation is 1. The minimum absolute atomic E-state index is 0. The lowest BCUT2D eigenvalue weighted by Crippen LogP contribution is -2.41. The molecule has 0 saturated carbocycles. The van der Waals surface area contributed by atoms with Crippen LogP contribution in [0.15, 0.2) is 42.5 Å². The summed E-state index contributed by atoms with van der Waals surface area (Å²) >= 11 is 0. The van der Waals surface area contributed by atoms with Gasteiger partial charge in [-0.2, -0.15) is 0 Å². The van der Waals surface area contributed by atoms with E-state index in [1.54, 1.807) is 12.1 Å². The van der Waals surface area contributed by atoms with Crippen LogP contribution in [0, 0.1) is 5.41 Å². The summed E-state index contributed by atoms with van der Waals surface area (Å²) in [7, 11) is 1.95. The highest BCUT2D eigenvalue weighted by Crippen LogP contribution is 2.24. The molecule has 180 valence electrons. The van der Waals surface area contributed by atoms with Gasteiger partial charge in [0.05, 0.1) is 17.6 Å². The number of imidazole rings is 1. The second-order valence-electron chi connectivity index (χ2n) is 8.35. The van der Waals surface area contributed by atoms with Gasteiger partial charge in [0.1, 0.15) is 17.7 Å². The average Bonchev–Trinajstić information content (AvgIpc) is 3.44. The second-order valence-corrected chi connectivity index (χ2v) is 8.35. The first-order chi connectivity index (χ1) is 15.8. The number of rotatable bonds is 7. The largest absolute Gasteiger partial charge is 0.384 e. The van der Waals surface area contributed by atoms with E-state index in [4.69, 9.17) is 16.1 Å². The van der Waals surface area contributed by atoms with Crippen molar-refractivity contribution < 1.29 is 9.59 Å². The number of amides is 2. The number of fused-ring (bicyclic) bond motifs is 1. The number of hydrogen-bond donors (Lipinski definition) is 4. The zero-order valence-electron chi connectivity index (χ0n) is 19.3. The lowest BCUT2D eigenvalue weighted by molar-refractivity contribution is -0.135. The molecule has 2 aromatic carbocycles. The molecule has 0 bridgehead atoms. The third-order valence-corrected chi connectivity index (χ3v) is 5.99. The van der Waals surface area contributed by atoms with Crippen LogP contribution in [-0.2, 0) is 23.2 Å². The van der Waals surface area contributed by atoms with Gasteiger partial charge in [-0.15, -0.1) is 12.4 Å². The van der Waals surface area contributed by atoms with E-state index in [-0.39, 0.29) is 30.1 Å². The Morgan fingerprint density at radius 3 is 2.44 bits per heavy atom. The SMILES string of the molecule is CC(=O)NC(C(=O)N1CCCC1)c1ccc2c(c1)nc(CNc1ccc(C(=N)N)cc1)n2C.Cl. The van der Waals surface area contributed by atoms with Crippen molar-refractivity contribution in [3.05, 3.63) is 59.4 Å². The molecule has 0 spiro atoms. The molecule has 0 aliphatic carbocycles. The van der Waals surface area contributed by atoms with Crippen molar-refractivity contribution in [2.75, 3.05) is 18.4 Å². The molecule has 4 rings (SSSR count). The van der Waals surface area contributed by atoms with E-state index in [0.29, 0.717) is 12.1 Å². The zero-order chi connectivity index (χ0) is 23.5. The van der Waals surface area contributed by atoms with Crippen LogP contribution in [0.3, 0.4) is 0 Å². The third kappa shape index (κ3) is 5.31. The number of amidine groups is 1. The molecule has 1 aliphatic rings. The Morgan fingerprint density at radius 2 is 1.82 bits per heavy atom. The quantitative estimate of drug-likeness (QED) is 0.303. The number of hydrogen-bond acceptors (Lipinski definition) is 5. The molecule has 3 aromatic rings. The second kappa shape index (κ2) is 10.6. The van der Waals surface area contributed by atoms with Crippen LogP contribution >= 0.6 is 12.4 Å². The van der Waals surface area contributed by atoms with Gasteiger partial charge in [0.2, 0.25) is 11.8 Å². The first kappa shape index (κ1) is 25.0. The number of nitrogens with one attached hydrogen (secondary N) is 3. The molecule has 1 fully saturated rings. The smallest absolute Gasteiger partial charge is 0.249 e. The Balaban J connectivity index is 0.00000324. The van der Waals surface area contributed by atoms with E-state index in [9.17, 15) is 9.59 Å². The average molecular weight is 484 g/mol. The van der Waals surface area contributed by atoms with Crippen LogP contribution < -0.4 is 16.4 Å².